The molecular formula is C18H15F2N5. The molecule has 0 unspecified atom stereocenters. The van der Waals surface area contributed by atoms with Crippen LogP contribution in [0.15, 0.2) is 49.2 Å². The molecule has 0 saturated carbocycles. The summed E-state index contributed by atoms with van der Waals surface area (Å²) < 4.78 is 29.3. The maximum Gasteiger partial charge on any atom is 0.177 e. The summed E-state index contributed by atoms with van der Waals surface area (Å²) in [5, 5.41) is 0. The van der Waals surface area contributed by atoms with E-state index in [1.54, 1.807) is 24.9 Å². The number of hydrogen-bond donors (Lipinski definition) is 1. The predicted molar refractivity (Wildman–Crippen MR) is 89.8 cm³/mol. The number of fused-ring (bicyclic) bond motifs is 1. The Kier molecular flexibility index (Phi) is 3.97. The number of rotatable bonds is 5. The Labute approximate surface area is 142 Å². The third-order valence-corrected chi connectivity index (χ3v) is 4.14. The summed E-state index contributed by atoms with van der Waals surface area (Å²) >= 11 is 0. The minimum absolute atomic E-state index is 0.171. The van der Waals surface area contributed by atoms with Crippen LogP contribution in [0.3, 0.4) is 0 Å². The van der Waals surface area contributed by atoms with E-state index in [1.807, 2.05) is 10.6 Å². The Hall–Kier alpha value is -3.09. The number of benzene rings is 1. The SMILES string of the molecule is Fc1ccc(F)c(-c2nccn2CCCc2ccnc3nc[nH]c23)c1. The van der Waals surface area contributed by atoms with Gasteiger partial charge in [0, 0.05) is 25.1 Å². The van der Waals surface area contributed by atoms with Gasteiger partial charge in [-0.1, -0.05) is 0 Å². The molecule has 0 aliphatic carbocycles. The molecule has 7 heteroatoms. The fourth-order valence-corrected chi connectivity index (χ4v) is 2.95. The molecule has 0 radical (unpaired) electrons. The lowest BCUT2D eigenvalue weighted by Crippen LogP contribution is -2.03. The molecule has 0 saturated heterocycles. The smallest absolute Gasteiger partial charge is 0.177 e. The van der Waals surface area contributed by atoms with Crippen LogP contribution in [-0.4, -0.2) is 24.5 Å². The van der Waals surface area contributed by atoms with Crippen LogP contribution in [0.1, 0.15) is 12.0 Å². The Bertz CT molecular complexity index is 1020. The van der Waals surface area contributed by atoms with Gasteiger partial charge in [0.2, 0.25) is 0 Å². The Morgan fingerprint density at radius 2 is 1.96 bits per heavy atom. The van der Waals surface area contributed by atoms with Gasteiger partial charge in [0.05, 0.1) is 17.4 Å². The van der Waals surface area contributed by atoms with Crippen molar-refractivity contribution >= 4 is 11.2 Å². The van der Waals surface area contributed by atoms with E-state index < -0.39 is 11.6 Å². The molecule has 25 heavy (non-hydrogen) atoms. The van der Waals surface area contributed by atoms with Crippen LogP contribution >= 0.6 is 0 Å². The first-order valence-electron chi connectivity index (χ1n) is 7.96. The van der Waals surface area contributed by atoms with Crippen molar-refractivity contribution in [1.29, 1.82) is 0 Å². The van der Waals surface area contributed by atoms with Gasteiger partial charge in [-0.15, -0.1) is 0 Å². The monoisotopic (exact) mass is 339 g/mol. The number of halogens is 2. The quantitative estimate of drug-likeness (QED) is 0.603. The van der Waals surface area contributed by atoms with E-state index >= 15 is 0 Å². The van der Waals surface area contributed by atoms with Crippen LogP contribution in [0.2, 0.25) is 0 Å². The number of H-pyrrole nitrogens is 1. The van der Waals surface area contributed by atoms with Crippen LogP contribution in [0.4, 0.5) is 8.78 Å². The van der Waals surface area contributed by atoms with Gasteiger partial charge in [-0.2, -0.15) is 0 Å². The normalized spacial score (nSPS) is 11.3. The molecule has 0 spiro atoms. The second kappa shape index (κ2) is 6.43. The van der Waals surface area contributed by atoms with E-state index in [2.05, 4.69) is 19.9 Å². The second-order valence-corrected chi connectivity index (χ2v) is 5.74. The zero-order chi connectivity index (χ0) is 17.2. The largest absolute Gasteiger partial charge is 0.343 e. The van der Waals surface area contributed by atoms with Gasteiger partial charge in [0.25, 0.3) is 0 Å². The molecular weight excluding hydrogens is 324 g/mol. The van der Waals surface area contributed by atoms with Gasteiger partial charge in [-0.25, -0.2) is 23.7 Å². The van der Waals surface area contributed by atoms with Gasteiger partial charge in [-0.05, 0) is 42.7 Å². The van der Waals surface area contributed by atoms with Gasteiger partial charge < -0.3 is 9.55 Å². The number of pyridine rings is 1. The molecule has 4 aromatic rings. The highest BCUT2D eigenvalue weighted by atomic mass is 19.1. The summed E-state index contributed by atoms with van der Waals surface area (Å²) in [7, 11) is 0. The summed E-state index contributed by atoms with van der Waals surface area (Å²) in [4.78, 5) is 15.6. The molecule has 0 amide bonds. The van der Waals surface area contributed by atoms with E-state index in [0.29, 0.717) is 18.0 Å². The van der Waals surface area contributed by atoms with Crippen LogP contribution in [0.25, 0.3) is 22.6 Å². The second-order valence-electron chi connectivity index (χ2n) is 5.74. The first kappa shape index (κ1) is 15.4. The molecule has 0 atom stereocenters. The van der Waals surface area contributed by atoms with E-state index in [-0.39, 0.29) is 5.56 Å². The molecule has 5 nitrogen and oxygen atoms in total. The van der Waals surface area contributed by atoms with Crippen molar-refractivity contribution in [3.05, 3.63) is 66.4 Å². The van der Waals surface area contributed by atoms with Crippen LogP contribution in [-0.2, 0) is 13.0 Å². The maximum atomic E-state index is 14.0. The molecule has 4 rings (SSSR count). The number of nitrogens with zero attached hydrogens (tertiary/aromatic N) is 4. The molecule has 0 aliphatic heterocycles. The lowest BCUT2D eigenvalue weighted by atomic mass is 10.1. The summed E-state index contributed by atoms with van der Waals surface area (Å²) in [5.74, 6) is -0.537. The zero-order valence-electron chi connectivity index (χ0n) is 13.3. The molecule has 3 heterocycles. The van der Waals surface area contributed by atoms with E-state index in [4.69, 9.17) is 0 Å². The first-order chi connectivity index (χ1) is 12.2. The van der Waals surface area contributed by atoms with Crippen molar-refractivity contribution in [2.45, 2.75) is 19.4 Å². The van der Waals surface area contributed by atoms with Crippen molar-refractivity contribution in [1.82, 2.24) is 24.5 Å². The highest BCUT2D eigenvalue weighted by Crippen LogP contribution is 2.23. The lowest BCUT2D eigenvalue weighted by Gasteiger charge is -2.09. The summed E-state index contributed by atoms with van der Waals surface area (Å²) in [6, 6.07) is 5.35. The van der Waals surface area contributed by atoms with Crippen LogP contribution in [0.5, 0.6) is 0 Å². The van der Waals surface area contributed by atoms with E-state index in [1.165, 1.54) is 6.07 Å². The maximum absolute atomic E-state index is 14.0. The Morgan fingerprint density at radius 3 is 2.88 bits per heavy atom. The Morgan fingerprint density at radius 1 is 1.04 bits per heavy atom. The third kappa shape index (κ3) is 3.00. The zero-order valence-corrected chi connectivity index (χ0v) is 13.3. The third-order valence-electron chi connectivity index (χ3n) is 4.14. The summed E-state index contributed by atoms with van der Waals surface area (Å²) in [6.45, 7) is 0.642. The van der Waals surface area contributed by atoms with Gasteiger partial charge in [0.1, 0.15) is 17.5 Å². The average Bonchev–Trinajstić information content (AvgIpc) is 3.26. The minimum Gasteiger partial charge on any atom is -0.343 e. The number of nitrogens with one attached hydrogen (secondary N) is 1. The number of hydrogen-bond acceptors (Lipinski definition) is 3. The van der Waals surface area contributed by atoms with E-state index in [9.17, 15) is 8.78 Å². The van der Waals surface area contributed by atoms with Gasteiger partial charge in [-0.3, -0.25) is 0 Å². The molecule has 1 aromatic carbocycles. The van der Waals surface area contributed by atoms with Crippen LogP contribution in [0, 0.1) is 11.6 Å². The van der Waals surface area contributed by atoms with Crippen molar-refractivity contribution in [3.8, 4) is 11.4 Å². The first-order valence-corrected chi connectivity index (χ1v) is 7.96. The van der Waals surface area contributed by atoms with Gasteiger partial charge >= 0.3 is 0 Å². The van der Waals surface area contributed by atoms with Crippen molar-refractivity contribution in [3.63, 3.8) is 0 Å². The highest BCUT2D eigenvalue weighted by molar-refractivity contribution is 5.73. The van der Waals surface area contributed by atoms with Crippen molar-refractivity contribution in [2.24, 2.45) is 0 Å². The minimum atomic E-state index is -0.484. The fourth-order valence-electron chi connectivity index (χ4n) is 2.95. The fraction of sp³-hybridized carbons (Fsp3) is 0.167. The predicted octanol–water partition coefficient (Wildman–Crippen LogP) is 3.73. The molecule has 126 valence electrons. The molecule has 0 fully saturated rings. The molecule has 0 bridgehead atoms. The standard InChI is InChI=1S/C18H15F2N5/c19-13-3-4-15(20)14(10-13)18-22-7-9-25(18)8-1-2-12-5-6-21-17-16(12)23-11-24-17/h3-7,9-11H,1-2,8H2,(H,21,23,24). The Balaban J connectivity index is 1.52. The lowest BCUT2D eigenvalue weighted by molar-refractivity contribution is 0.597. The van der Waals surface area contributed by atoms with Crippen LogP contribution < -0.4 is 0 Å². The number of imidazole rings is 2. The number of aryl methyl sites for hydroxylation is 2. The number of aromatic amines is 1. The number of aromatic nitrogens is 5. The molecule has 1 N–H and O–H groups in total. The van der Waals surface area contributed by atoms with Crippen molar-refractivity contribution < 1.29 is 8.78 Å². The average molecular weight is 339 g/mol. The van der Waals surface area contributed by atoms with E-state index in [0.717, 1.165) is 36.1 Å². The summed E-state index contributed by atoms with van der Waals surface area (Å²) in [5.41, 5.74) is 2.93. The summed E-state index contributed by atoms with van der Waals surface area (Å²) in [6.07, 6.45) is 8.37. The topological polar surface area (TPSA) is 59.4 Å². The van der Waals surface area contributed by atoms with Crippen molar-refractivity contribution in [2.75, 3.05) is 0 Å². The van der Waals surface area contributed by atoms with Gasteiger partial charge in [0.15, 0.2) is 5.65 Å². The molecule has 3 aromatic heterocycles. The molecule has 0 aliphatic rings. The highest BCUT2D eigenvalue weighted by Gasteiger charge is 2.12.